The number of nitrogens with two attached hydrogens (primary N) is 1. The van der Waals surface area contributed by atoms with Gasteiger partial charge in [0.15, 0.2) is 0 Å². The average molecular weight is 249 g/mol. The molecular formula is C14H16FNO2. The summed E-state index contributed by atoms with van der Waals surface area (Å²) in [5.74, 6) is -1.64. The summed E-state index contributed by atoms with van der Waals surface area (Å²) in [5, 5.41) is 8.91. The standard InChI is InChI=1S/C14H16FNO2/c1-14(16)4-2-9(3-5-14)10-6-11(13(17)18)8-12(15)7-10/h2,6-8H,3-5,16H2,1H3,(H,17,18). The number of rotatable bonds is 2. The van der Waals surface area contributed by atoms with Crippen LogP contribution in [0.3, 0.4) is 0 Å². The fraction of sp³-hybridized carbons (Fsp3) is 0.357. The molecule has 0 aliphatic heterocycles. The highest BCUT2D eigenvalue weighted by Gasteiger charge is 2.23. The number of aromatic carboxylic acids is 1. The molecule has 0 saturated carbocycles. The Kier molecular flexibility index (Phi) is 3.22. The van der Waals surface area contributed by atoms with Crippen LogP contribution in [0, 0.1) is 5.82 Å². The van der Waals surface area contributed by atoms with Crippen molar-refractivity contribution in [1.82, 2.24) is 0 Å². The van der Waals surface area contributed by atoms with Gasteiger partial charge in [0, 0.05) is 5.54 Å². The molecule has 4 heteroatoms. The molecule has 0 saturated heterocycles. The first-order valence-electron chi connectivity index (χ1n) is 5.90. The molecule has 18 heavy (non-hydrogen) atoms. The number of allylic oxidation sites excluding steroid dienone is 1. The predicted molar refractivity (Wildman–Crippen MR) is 67.8 cm³/mol. The second kappa shape index (κ2) is 4.53. The highest BCUT2D eigenvalue weighted by Crippen LogP contribution is 2.31. The van der Waals surface area contributed by atoms with Gasteiger partial charge in [-0.15, -0.1) is 0 Å². The fourth-order valence-electron chi connectivity index (χ4n) is 2.14. The van der Waals surface area contributed by atoms with E-state index in [2.05, 4.69) is 0 Å². The number of hydrogen-bond acceptors (Lipinski definition) is 2. The zero-order chi connectivity index (χ0) is 13.3. The molecule has 0 bridgehead atoms. The summed E-state index contributed by atoms with van der Waals surface area (Å²) in [4.78, 5) is 10.9. The summed E-state index contributed by atoms with van der Waals surface area (Å²) < 4.78 is 13.4. The Labute approximate surface area is 105 Å². The quantitative estimate of drug-likeness (QED) is 0.847. The first-order chi connectivity index (χ1) is 8.37. The highest BCUT2D eigenvalue weighted by atomic mass is 19.1. The number of carboxylic acid groups (broad SMARTS) is 1. The zero-order valence-corrected chi connectivity index (χ0v) is 10.2. The third-order valence-electron chi connectivity index (χ3n) is 3.30. The lowest BCUT2D eigenvalue weighted by Gasteiger charge is -2.28. The number of halogens is 1. The lowest BCUT2D eigenvalue weighted by molar-refractivity contribution is 0.0696. The molecule has 3 N–H and O–H groups in total. The molecule has 0 aromatic heterocycles. The molecule has 96 valence electrons. The van der Waals surface area contributed by atoms with Crippen molar-refractivity contribution in [3.05, 3.63) is 41.2 Å². The van der Waals surface area contributed by atoms with Gasteiger partial charge < -0.3 is 10.8 Å². The van der Waals surface area contributed by atoms with Gasteiger partial charge in [0.2, 0.25) is 0 Å². The second-order valence-electron chi connectivity index (χ2n) is 5.12. The van der Waals surface area contributed by atoms with Crippen molar-refractivity contribution in [3.63, 3.8) is 0 Å². The van der Waals surface area contributed by atoms with Crippen LogP contribution in [0.25, 0.3) is 5.57 Å². The van der Waals surface area contributed by atoms with Crippen molar-refractivity contribution < 1.29 is 14.3 Å². The van der Waals surface area contributed by atoms with Crippen LogP contribution in [-0.4, -0.2) is 16.6 Å². The van der Waals surface area contributed by atoms with Crippen LogP contribution < -0.4 is 5.73 Å². The summed E-state index contributed by atoms with van der Waals surface area (Å²) in [6.07, 6.45) is 4.26. The molecule has 0 heterocycles. The fourth-order valence-corrected chi connectivity index (χ4v) is 2.14. The summed E-state index contributed by atoms with van der Waals surface area (Å²) in [5.41, 5.74) is 7.39. The molecule has 3 nitrogen and oxygen atoms in total. The molecule has 1 aromatic carbocycles. The van der Waals surface area contributed by atoms with E-state index in [1.807, 2.05) is 13.0 Å². The van der Waals surface area contributed by atoms with E-state index in [1.165, 1.54) is 12.1 Å². The van der Waals surface area contributed by atoms with Gasteiger partial charge in [-0.3, -0.25) is 0 Å². The molecule has 1 unspecified atom stereocenters. The molecule has 0 radical (unpaired) electrons. The number of carboxylic acids is 1. The average Bonchev–Trinajstić information content (AvgIpc) is 2.28. The number of carbonyl (C=O) groups is 1. The number of hydrogen-bond donors (Lipinski definition) is 2. The molecule has 0 amide bonds. The zero-order valence-electron chi connectivity index (χ0n) is 10.2. The maximum Gasteiger partial charge on any atom is 0.335 e. The number of benzene rings is 1. The maximum absolute atomic E-state index is 13.4. The Morgan fingerprint density at radius 1 is 1.44 bits per heavy atom. The molecular weight excluding hydrogens is 233 g/mol. The monoisotopic (exact) mass is 249 g/mol. The van der Waals surface area contributed by atoms with Gasteiger partial charge in [-0.2, -0.15) is 0 Å². The summed E-state index contributed by atoms with van der Waals surface area (Å²) in [7, 11) is 0. The van der Waals surface area contributed by atoms with E-state index in [0.717, 1.165) is 30.9 Å². The normalized spacial score (nSPS) is 23.6. The molecule has 1 aliphatic carbocycles. The first kappa shape index (κ1) is 12.8. The first-order valence-corrected chi connectivity index (χ1v) is 5.90. The topological polar surface area (TPSA) is 63.3 Å². The van der Waals surface area contributed by atoms with Crippen molar-refractivity contribution in [2.75, 3.05) is 0 Å². The Hall–Kier alpha value is -1.68. The van der Waals surface area contributed by atoms with Gasteiger partial charge in [0.25, 0.3) is 0 Å². The molecule has 1 aromatic rings. The van der Waals surface area contributed by atoms with Crippen LogP contribution in [0.15, 0.2) is 24.3 Å². The Morgan fingerprint density at radius 2 is 2.17 bits per heavy atom. The minimum Gasteiger partial charge on any atom is -0.478 e. The van der Waals surface area contributed by atoms with Crippen LogP contribution in [0.5, 0.6) is 0 Å². The van der Waals surface area contributed by atoms with Gasteiger partial charge in [0.05, 0.1) is 5.56 Å². The van der Waals surface area contributed by atoms with Gasteiger partial charge in [0.1, 0.15) is 5.82 Å². The maximum atomic E-state index is 13.4. The van der Waals surface area contributed by atoms with E-state index in [-0.39, 0.29) is 11.1 Å². The molecule has 0 spiro atoms. The van der Waals surface area contributed by atoms with Crippen LogP contribution in [0.2, 0.25) is 0 Å². The van der Waals surface area contributed by atoms with Crippen LogP contribution in [0.1, 0.15) is 42.1 Å². The second-order valence-corrected chi connectivity index (χ2v) is 5.12. The minimum atomic E-state index is -1.11. The van der Waals surface area contributed by atoms with Gasteiger partial charge >= 0.3 is 5.97 Å². The van der Waals surface area contributed by atoms with Crippen molar-refractivity contribution in [1.29, 1.82) is 0 Å². The molecule has 2 rings (SSSR count). The van der Waals surface area contributed by atoms with E-state index in [1.54, 1.807) is 0 Å². The lowest BCUT2D eigenvalue weighted by Crippen LogP contribution is -2.37. The Morgan fingerprint density at radius 3 is 2.72 bits per heavy atom. The molecule has 1 aliphatic rings. The van der Waals surface area contributed by atoms with Crippen molar-refractivity contribution in [2.45, 2.75) is 31.7 Å². The van der Waals surface area contributed by atoms with Gasteiger partial charge in [-0.25, -0.2) is 9.18 Å². The van der Waals surface area contributed by atoms with Gasteiger partial charge in [-0.05, 0) is 55.5 Å². The van der Waals surface area contributed by atoms with Crippen molar-refractivity contribution in [2.24, 2.45) is 5.73 Å². The third-order valence-corrected chi connectivity index (χ3v) is 3.30. The van der Waals surface area contributed by atoms with Crippen LogP contribution >= 0.6 is 0 Å². The predicted octanol–water partition coefficient (Wildman–Crippen LogP) is 2.81. The largest absolute Gasteiger partial charge is 0.478 e. The van der Waals surface area contributed by atoms with E-state index < -0.39 is 11.8 Å². The van der Waals surface area contributed by atoms with Crippen molar-refractivity contribution in [3.8, 4) is 0 Å². The Balaban J connectivity index is 2.35. The third kappa shape index (κ3) is 2.76. The van der Waals surface area contributed by atoms with E-state index in [9.17, 15) is 9.18 Å². The minimum absolute atomic E-state index is 0.0213. The smallest absolute Gasteiger partial charge is 0.335 e. The van der Waals surface area contributed by atoms with Crippen molar-refractivity contribution >= 4 is 11.5 Å². The summed E-state index contributed by atoms with van der Waals surface area (Å²) in [6.45, 7) is 1.98. The van der Waals surface area contributed by atoms with E-state index >= 15 is 0 Å². The lowest BCUT2D eigenvalue weighted by atomic mass is 9.82. The molecule has 1 atom stereocenters. The highest BCUT2D eigenvalue weighted by molar-refractivity contribution is 5.89. The van der Waals surface area contributed by atoms with Crippen LogP contribution in [0.4, 0.5) is 4.39 Å². The van der Waals surface area contributed by atoms with E-state index in [0.29, 0.717) is 5.56 Å². The Bertz CT molecular complexity index is 521. The van der Waals surface area contributed by atoms with Gasteiger partial charge in [-0.1, -0.05) is 6.08 Å². The summed E-state index contributed by atoms with van der Waals surface area (Å²) >= 11 is 0. The SMILES string of the molecule is CC1(N)CC=C(c2cc(F)cc(C(=O)O)c2)CC1. The van der Waals surface area contributed by atoms with E-state index in [4.69, 9.17) is 10.8 Å². The van der Waals surface area contributed by atoms with Crippen LogP contribution in [-0.2, 0) is 0 Å². The molecule has 0 fully saturated rings. The summed E-state index contributed by atoms with van der Waals surface area (Å²) in [6, 6.07) is 3.91.